The quantitative estimate of drug-likeness (QED) is 0.876. The van der Waals surface area contributed by atoms with Crippen LogP contribution in [0.25, 0.3) is 0 Å². The lowest BCUT2D eigenvalue weighted by atomic mass is 9.77. The second kappa shape index (κ2) is 5.95. The number of primary amides is 1. The summed E-state index contributed by atoms with van der Waals surface area (Å²) < 4.78 is 1.95. The summed E-state index contributed by atoms with van der Waals surface area (Å²) in [5, 5.41) is 8.09. The zero-order valence-electron chi connectivity index (χ0n) is 12.8. The van der Waals surface area contributed by atoms with Gasteiger partial charge in [0.2, 0.25) is 5.91 Å². The van der Waals surface area contributed by atoms with Gasteiger partial charge in [-0.2, -0.15) is 5.10 Å². The number of aromatic nitrogens is 2. The summed E-state index contributed by atoms with van der Waals surface area (Å²) in [5.41, 5.74) is 6.61. The molecule has 20 heavy (non-hydrogen) atoms. The van der Waals surface area contributed by atoms with Crippen LogP contribution in [0, 0.1) is 11.8 Å². The zero-order chi connectivity index (χ0) is 14.9. The molecule has 5 heteroatoms. The van der Waals surface area contributed by atoms with E-state index >= 15 is 0 Å². The van der Waals surface area contributed by atoms with Crippen LogP contribution in [0.2, 0.25) is 0 Å². The van der Waals surface area contributed by atoms with Gasteiger partial charge in [0.25, 0.3) is 0 Å². The summed E-state index contributed by atoms with van der Waals surface area (Å²) in [6, 6.07) is 2.89. The van der Waals surface area contributed by atoms with E-state index in [1.807, 2.05) is 16.9 Å². The molecule has 1 saturated heterocycles. The van der Waals surface area contributed by atoms with Gasteiger partial charge in [-0.1, -0.05) is 6.92 Å². The van der Waals surface area contributed by atoms with Crippen LogP contribution in [-0.2, 0) is 11.2 Å². The third kappa shape index (κ3) is 3.20. The molecule has 1 aliphatic rings. The van der Waals surface area contributed by atoms with Gasteiger partial charge in [0.15, 0.2) is 0 Å². The van der Waals surface area contributed by atoms with E-state index in [2.05, 4.69) is 38.1 Å². The Labute approximate surface area is 120 Å². The summed E-state index contributed by atoms with van der Waals surface area (Å²) in [6.07, 6.45) is 3.74. The molecule has 0 radical (unpaired) electrons. The second-order valence-corrected chi connectivity index (χ2v) is 6.40. The van der Waals surface area contributed by atoms with E-state index in [0.29, 0.717) is 18.0 Å². The van der Waals surface area contributed by atoms with Crippen LogP contribution >= 0.6 is 0 Å². The van der Waals surface area contributed by atoms with Crippen LogP contribution < -0.4 is 11.1 Å². The van der Waals surface area contributed by atoms with Gasteiger partial charge in [0.1, 0.15) is 0 Å². The minimum absolute atomic E-state index is 0.0850. The molecule has 4 unspecified atom stereocenters. The van der Waals surface area contributed by atoms with Crippen molar-refractivity contribution in [3.63, 3.8) is 0 Å². The molecular formula is C15H26N4O. The SMILES string of the molecule is CC1CC(C)C(C(N)=O)C(Cc2ccn(C(C)C)n2)N1. The van der Waals surface area contributed by atoms with E-state index in [-0.39, 0.29) is 17.9 Å². The van der Waals surface area contributed by atoms with Crippen molar-refractivity contribution in [2.24, 2.45) is 17.6 Å². The maximum atomic E-state index is 11.7. The van der Waals surface area contributed by atoms with Crippen molar-refractivity contribution < 1.29 is 4.79 Å². The molecule has 0 spiro atoms. The van der Waals surface area contributed by atoms with Crippen LogP contribution in [0.3, 0.4) is 0 Å². The molecule has 1 aliphatic heterocycles. The highest BCUT2D eigenvalue weighted by Crippen LogP contribution is 2.28. The number of amides is 1. The highest BCUT2D eigenvalue weighted by Gasteiger charge is 2.37. The fourth-order valence-electron chi connectivity index (χ4n) is 3.30. The summed E-state index contributed by atoms with van der Waals surface area (Å²) in [5.74, 6) is 0.00141. The molecule has 112 valence electrons. The van der Waals surface area contributed by atoms with Crippen LogP contribution in [-0.4, -0.2) is 27.8 Å². The van der Waals surface area contributed by atoms with Crippen molar-refractivity contribution in [3.05, 3.63) is 18.0 Å². The minimum Gasteiger partial charge on any atom is -0.369 e. The van der Waals surface area contributed by atoms with E-state index in [0.717, 1.165) is 18.5 Å². The number of carbonyl (C=O) groups is 1. The zero-order valence-corrected chi connectivity index (χ0v) is 12.8. The lowest BCUT2D eigenvalue weighted by Gasteiger charge is -2.38. The number of rotatable bonds is 4. The number of nitrogens with zero attached hydrogens (tertiary/aromatic N) is 2. The Hall–Kier alpha value is -1.36. The third-order valence-electron chi connectivity index (χ3n) is 4.22. The van der Waals surface area contributed by atoms with Gasteiger partial charge >= 0.3 is 0 Å². The van der Waals surface area contributed by atoms with Crippen molar-refractivity contribution >= 4 is 5.91 Å². The molecule has 0 aliphatic carbocycles. The van der Waals surface area contributed by atoms with Crippen LogP contribution in [0.5, 0.6) is 0 Å². The van der Waals surface area contributed by atoms with Gasteiger partial charge < -0.3 is 11.1 Å². The van der Waals surface area contributed by atoms with Crippen molar-refractivity contribution in [3.8, 4) is 0 Å². The van der Waals surface area contributed by atoms with Crippen molar-refractivity contribution in [2.45, 2.75) is 58.7 Å². The van der Waals surface area contributed by atoms with Gasteiger partial charge in [0, 0.05) is 30.7 Å². The Morgan fingerprint density at radius 1 is 1.55 bits per heavy atom. The second-order valence-electron chi connectivity index (χ2n) is 6.40. The first-order valence-electron chi connectivity index (χ1n) is 7.48. The first-order valence-corrected chi connectivity index (χ1v) is 7.48. The Morgan fingerprint density at radius 2 is 2.25 bits per heavy atom. The van der Waals surface area contributed by atoms with Gasteiger partial charge in [-0.25, -0.2) is 0 Å². The smallest absolute Gasteiger partial charge is 0.222 e. The van der Waals surface area contributed by atoms with Gasteiger partial charge in [-0.05, 0) is 39.2 Å². The Balaban J connectivity index is 2.13. The normalized spacial score (nSPS) is 30.6. The maximum Gasteiger partial charge on any atom is 0.222 e. The number of hydrogen-bond acceptors (Lipinski definition) is 3. The average molecular weight is 278 g/mol. The van der Waals surface area contributed by atoms with Crippen LogP contribution in [0.4, 0.5) is 0 Å². The van der Waals surface area contributed by atoms with Gasteiger partial charge in [0.05, 0.1) is 11.6 Å². The molecule has 0 bridgehead atoms. The average Bonchev–Trinajstić information content (AvgIpc) is 2.75. The molecule has 5 nitrogen and oxygen atoms in total. The van der Waals surface area contributed by atoms with Crippen molar-refractivity contribution in [1.29, 1.82) is 0 Å². The largest absolute Gasteiger partial charge is 0.369 e. The first kappa shape index (κ1) is 15.0. The summed E-state index contributed by atoms with van der Waals surface area (Å²) in [4.78, 5) is 11.7. The number of piperidine rings is 1. The summed E-state index contributed by atoms with van der Waals surface area (Å²) in [7, 11) is 0. The molecule has 2 rings (SSSR count). The molecular weight excluding hydrogens is 252 g/mol. The predicted octanol–water partition coefficient (Wildman–Crippen LogP) is 1.49. The van der Waals surface area contributed by atoms with Crippen molar-refractivity contribution in [2.75, 3.05) is 0 Å². The number of nitrogens with one attached hydrogen (secondary N) is 1. The van der Waals surface area contributed by atoms with E-state index in [1.165, 1.54) is 0 Å². The molecule has 1 amide bonds. The summed E-state index contributed by atoms with van der Waals surface area (Å²) >= 11 is 0. The standard InChI is InChI=1S/C15H26N4O/c1-9(2)19-6-5-12(18-19)8-13-14(15(16)20)10(3)7-11(4)17-13/h5-6,9-11,13-14,17H,7-8H2,1-4H3,(H2,16,20). The van der Waals surface area contributed by atoms with Crippen LogP contribution in [0.1, 0.15) is 45.9 Å². The fourth-order valence-corrected chi connectivity index (χ4v) is 3.30. The Morgan fingerprint density at radius 3 is 2.80 bits per heavy atom. The Kier molecular flexibility index (Phi) is 4.48. The number of nitrogens with two attached hydrogens (primary N) is 1. The topological polar surface area (TPSA) is 72.9 Å². The molecule has 0 aromatic carbocycles. The fraction of sp³-hybridized carbons (Fsp3) is 0.733. The lowest BCUT2D eigenvalue weighted by molar-refractivity contribution is -0.125. The van der Waals surface area contributed by atoms with Gasteiger partial charge in [-0.15, -0.1) is 0 Å². The molecule has 3 N–H and O–H groups in total. The summed E-state index contributed by atoms with van der Waals surface area (Å²) in [6.45, 7) is 8.48. The van der Waals surface area contributed by atoms with E-state index in [9.17, 15) is 4.79 Å². The molecule has 2 heterocycles. The lowest BCUT2D eigenvalue weighted by Crippen LogP contribution is -2.55. The number of hydrogen-bond donors (Lipinski definition) is 2. The van der Waals surface area contributed by atoms with Gasteiger partial charge in [-0.3, -0.25) is 9.48 Å². The monoisotopic (exact) mass is 278 g/mol. The number of carbonyl (C=O) groups excluding carboxylic acids is 1. The predicted molar refractivity (Wildman–Crippen MR) is 79.2 cm³/mol. The van der Waals surface area contributed by atoms with Crippen molar-refractivity contribution in [1.82, 2.24) is 15.1 Å². The molecule has 1 aromatic rings. The van der Waals surface area contributed by atoms with E-state index < -0.39 is 0 Å². The van der Waals surface area contributed by atoms with Crippen LogP contribution in [0.15, 0.2) is 12.3 Å². The molecule has 1 aromatic heterocycles. The molecule has 4 atom stereocenters. The van der Waals surface area contributed by atoms with E-state index in [1.54, 1.807) is 0 Å². The highest BCUT2D eigenvalue weighted by molar-refractivity contribution is 5.78. The third-order valence-corrected chi connectivity index (χ3v) is 4.22. The minimum atomic E-state index is -0.204. The molecule has 0 saturated carbocycles. The first-order chi connectivity index (χ1) is 9.38. The molecule has 1 fully saturated rings. The Bertz CT molecular complexity index is 468. The van der Waals surface area contributed by atoms with E-state index in [4.69, 9.17) is 5.73 Å². The highest BCUT2D eigenvalue weighted by atomic mass is 16.1. The maximum absolute atomic E-state index is 11.7.